The van der Waals surface area contributed by atoms with E-state index in [4.69, 9.17) is 5.73 Å². The molecule has 0 unspecified atom stereocenters. The molecule has 1 saturated heterocycles. The molecule has 0 atom stereocenters. The number of piperidine rings is 1. The second kappa shape index (κ2) is 6.40. The van der Waals surface area contributed by atoms with Crippen LogP contribution in [0.3, 0.4) is 0 Å². The molecule has 1 aliphatic rings. The van der Waals surface area contributed by atoms with Crippen LogP contribution in [-0.4, -0.2) is 38.7 Å². The second-order valence-corrected chi connectivity index (χ2v) is 6.92. The van der Waals surface area contributed by atoms with Crippen LogP contribution in [0.2, 0.25) is 0 Å². The van der Waals surface area contributed by atoms with Gasteiger partial charge in [-0.3, -0.25) is 4.79 Å². The van der Waals surface area contributed by atoms with Crippen molar-refractivity contribution in [3.05, 3.63) is 41.9 Å². The maximum absolute atomic E-state index is 11.4. The minimum absolute atomic E-state index is 0.0400. The van der Waals surface area contributed by atoms with Gasteiger partial charge in [0, 0.05) is 19.0 Å². The van der Waals surface area contributed by atoms with Crippen molar-refractivity contribution >= 4 is 22.8 Å². The Hall–Kier alpha value is -2.96. The molecule has 1 amide bonds. The molecule has 0 radical (unpaired) electrons. The Balaban J connectivity index is 1.69. The van der Waals surface area contributed by atoms with E-state index in [-0.39, 0.29) is 11.8 Å². The maximum atomic E-state index is 11.4. The summed E-state index contributed by atoms with van der Waals surface area (Å²) in [5.74, 6) is 0.620. The van der Waals surface area contributed by atoms with Gasteiger partial charge in [0.25, 0.3) is 0 Å². The molecule has 3 aromatic rings. The first kappa shape index (κ1) is 16.5. The fourth-order valence-electron chi connectivity index (χ4n) is 3.51. The number of benzene rings is 1. The number of rotatable bonds is 3. The van der Waals surface area contributed by atoms with E-state index in [0.29, 0.717) is 0 Å². The number of carbonyl (C=O) groups is 1. The van der Waals surface area contributed by atoms with Gasteiger partial charge in [-0.1, -0.05) is 6.07 Å². The Bertz CT molecular complexity index is 971. The predicted octanol–water partition coefficient (Wildman–Crippen LogP) is 2.13. The van der Waals surface area contributed by atoms with Gasteiger partial charge in [-0.05, 0) is 49.9 Å². The number of hydrogen-bond donors (Lipinski definition) is 1. The summed E-state index contributed by atoms with van der Waals surface area (Å²) in [6, 6.07) is 6.26. The molecule has 0 spiro atoms. The minimum atomic E-state index is -0.208. The zero-order valence-corrected chi connectivity index (χ0v) is 15.0. The number of carbonyl (C=O) groups excluding carboxylic acids is 1. The van der Waals surface area contributed by atoms with Crippen molar-refractivity contribution in [3.63, 3.8) is 0 Å². The van der Waals surface area contributed by atoms with Crippen molar-refractivity contribution in [1.29, 1.82) is 0 Å². The lowest BCUT2D eigenvalue weighted by Crippen LogP contribution is -2.39. The molecule has 0 bridgehead atoms. The summed E-state index contributed by atoms with van der Waals surface area (Å²) in [7, 11) is 0. The summed E-state index contributed by atoms with van der Waals surface area (Å²) >= 11 is 0. The third-order valence-electron chi connectivity index (χ3n) is 5.28. The first-order chi connectivity index (χ1) is 12.5. The number of aryl methyl sites for hydroxylation is 2. The highest BCUT2D eigenvalue weighted by Crippen LogP contribution is 2.28. The molecular formula is C19H22N6O. The minimum Gasteiger partial charge on any atom is -0.369 e. The molecule has 0 aliphatic carbocycles. The topological polar surface area (TPSA) is 89.9 Å². The van der Waals surface area contributed by atoms with E-state index in [9.17, 15) is 4.79 Å². The molecular weight excluding hydrogens is 328 g/mol. The first-order valence-electron chi connectivity index (χ1n) is 8.85. The summed E-state index contributed by atoms with van der Waals surface area (Å²) < 4.78 is 1.85. The molecule has 0 saturated carbocycles. The van der Waals surface area contributed by atoms with Crippen molar-refractivity contribution in [2.75, 3.05) is 18.0 Å². The smallest absolute Gasteiger partial charge is 0.220 e. The number of nitrogens with zero attached hydrogens (tertiary/aromatic N) is 5. The fraction of sp³-hybridized carbons (Fsp3) is 0.368. The number of anilines is 1. The van der Waals surface area contributed by atoms with Crippen molar-refractivity contribution in [3.8, 4) is 5.69 Å². The largest absolute Gasteiger partial charge is 0.369 e. The van der Waals surface area contributed by atoms with Crippen molar-refractivity contribution in [1.82, 2.24) is 19.7 Å². The number of fused-ring (bicyclic) bond motifs is 1. The van der Waals surface area contributed by atoms with Gasteiger partial charge in [-0.2, -0.15) is 5.10 Å². The number of primary amides is 1. The maximum Gasteiger partial charge on any atom is 0.220 e. The Morgan fingerprint density at radius 3 is 2.62 bits per heavy atom. The number of aromatic nitrogens is 4. The lowest BCUT2D eigenvalue weighted by Gasteiger charge is -2.31. The van der Waals surface area contributed by atoms with Crippen molar-refractivity contribution in [2.24, 2.45) is 11.7 Å². The van der Waals surface area contributed by atoms with Crippen LogP contribution in [0, 0.1) is 19.8 Å². The third kappa shape index (κ3) is 2.79. The zero-order valence-electron chi connectivity index (χ0n) is 15.0. The van der Waals surface area contributed by atoms with E-state index in [1.807, 2.05) is 10.9 Å². The van der Waals surface area contributed by atoms with Crippen LogP contribution >= 0.6 is 0 Å². The third-order valence-corrected chi connectivity index (χ3v) is 5.28. The van der Waals surface area contributed by atoms with E-state index in [2.05, 4.69) is 52.0 Å². The summed E-state index contributed by atoms with van der Waals surface area (Å²) in [5, 5.41) is 5.47. The van der Waals surface area contributed by atoms with Gasteiger partial charge in [0.15, 0.2) is 5.65 Å². The van der Waals surface area contributed by atoms with Gasteiger partial charge in [0.05, 0.1) is 17.3 Å². The van der Waals surface area contributed by atoms with E-state index in [1.54, 1.807) is 6.33 Å². The highest BCUT2D eigenvalue weighted by atomic mass is 16.1. The van der Waals surface area contributed by atoms with Gasteiger partial charge in [-0.25, -0.2) is 14.6 Å². The second-order valence-electron chi connectivity index (χ2n) is 6.92. The standard InChI is InChI=1S/C19H22N6O/c1-12-3-4-15(9-13(12)2)25-19-16(10-23-25)18(21-11-22-19)24-7-5-14(6-8-24)17(20)26/h3-4,9-11,14H,5-8H2,1-2H3,(H2,20,26). The van der Waals surface area contributed by atoms with Crippen LogP contribution in [0.25, 0.3) is 16.7 Å². The van der Waals surface area contributed by atoms with E-state index in [1.165, 1.54) is 11.1 Å². The molecule has 2 aromatic heterocycles. The Kier molecular flexibility index (Phi) is 4.06. The van der Waals surface area contributed by atoms with Crippen LogP contribution < -0.4 is 10.6 Å². The van der Waals surface area contributed by atoms with E-state index < -0.39 is 0 Å². The molecule has 1 aromatic carbocycles. The molecule has 1 fully saturated rings. The van der Waals surface area contributed by atoms with Crippen LogP contribution in [0.1, 0.15) is 24.0 Å². The first-order valence-corrected chi connectivity index (χ1v) is 8.85. The molecule has 7 nitrogen and oxygen atoms in total. The monoisotopic (exact) mass is 350 g/mol. The van der Waals surface area contributed by atoms with Crippen molar-refractivity contribution in [2.45, 2.75) is 26.7 Å². The summed E-state index contributed by atoms with van der Waals surface area (Å²) in [4.78, 5) is 22.5. The lowest BCUT2D eigenvalue weighted by molar-refractivity contribution is -0.122. The summed E-state index contributed by atoms with van der Waals surface area (Å²) in [5.41, 5.74) is 9.67. The van der Waals surface area contributed by atoms with Gasteiger partial charge < -0.3 is 10.6 Å². The highest BCUT2D eigenvalue weighted by molar-refractivity contribution is 5.88. The SMILES string of the molecule is Cc1ccc(-n2ncc3c(N4CCC(C(N)=O)CC4)ncnc32)cc1C. The number of hydrogen-bond acceptors (Lipinski definition) is 5. The molecule has 3 heterocycles. The quantitative estimate of drug-likeness (QED) is 0.781. The molecule has 134 valence electrons. The van der Waals surface area contributed by atoms with Gasteiger partial charge in [0.1, 0.15) is 12.1 Å². The number of nitrogens with two attached hydrogens (primary N) is 1. The number of amides is 1. The average molecular weight is 350 g/mol. The summed E-state index contributed by atoms with van der Waals surface area (Å²) in [6.45, 7) is 5.70. The normalized spacial score (nSPS) is 15.5. The average Bonchev–Trinajstić information content (AvgIpc) is 3.08. The van der Waals surface area contributed by atoms with Crippen LogP contribution in [0.15, 0.2) is 30.7 Å². The zero-order chi connectivity index (χ0) is 18.3. The Labute approximate surface area is 151 Å². The lowest BCUT2D eigenvalue weighted by atomic mass is 9.96. The molecule has 4 rings (SSSR count). The van der Waals surface area contributed by atoms with E-state index >= 15 is 0 Å². The highest BCUT2D eigenvalue weighted by Gasteiger charge is 2.25. The van der Waals surface area contributed by atoms with Crippen LogP contribution in [0.4, 0.5) is 5.82 Å². The Morgan fingerprint density at radius 2 is 1.92 bits per heavy atom. The van der Waals surface area contributed by atoms with Gasteiger partial charge in [-0.15, -0.1) is 0 Å². The van der Waals surface area contributed by atoms with Gasteiger partial charge in [0.2, 0.25) is 5.91 Å². The van der Waals surface area contributed by atoms with Crippen LogP contribution in [0.5, 0.6) is 0 Å². The van der Waals surface area contributed by atoms with Crippen LogP contribution in [-0.2, 0) is 4.79 Å². The van der Waals surface area contributed by atoms with E-state index in [0.717, 1.165) is 48.5 Å². The molecule has 26 heavy (non-hydrogen) atoms. The molecule has 1 aliphatic heterocycles. The summed E-state index contributed by atoms with van der Waals surface area (Å²) in [6.07, 6.45) is 4.91. The fourth-order valence-corrected chi connectivity index (χ4v) is 3.51. The molecule has 7 heteroatoms. The molecule has 2 N–H and O–H groups in total. The predicted molar refractivity (Wildman–Crippen MR) is 100 cm³/mol. The van der Waals surface area contributed by atoms with Crippen molar-refractivity contribution < 1.29 is 4.79 Å². The van der Waals surface area contributed by atoms with Gasteiger partial charge >= 0.3 is 0 Å². The Morgan fingerprint density at radius 1 is 1.15 bits per heavy atom.